The average Bonchev–Trinajstić information content (AvgIpc) is 2.53. The molecule has 0 saturated heterocycles. The maximum Gasteiger partial charge on any atom is 0.317 e. The lowest BCUT2D eigenvalue weighted by Gasteiger charge is -2.20. The molecule has 0 amide bonds. The molecule has 0 aliphatic heterocycles. The first-order valence-corrected chi connectivity index (χ1v) is 8.61. The van der Waals surface area contributed by atoms with Crippen LogP contribution in [0.5, 0.6) is 5.75 Å². The number of aliphatic carboxylic acids is 1. The molecule has 0 saturated carbocycles. The Morgan fingerprint density at radius 2 is 1.76 bits per heavy atom. The maximum absolute atomic E-state index is 10.9. The molecule has 2 aromatic carbocycles. The molecule has 0 bridgehead atoms. The van der Waals surface area contributed by atoms with Gasteiger partial charge in [0.1, 0.15) is 12.4 Å². The van der Waals surface area contributed by atoms with Gasteiger partial charge < -0.3 is 9.84 Å². The predicted octanol–water partition coefficient (Wildman–Crippen LogP) is 4.10. The number of hydrogen-bond donors (Lipinski definition) is 1. The fourth-order valence-corrected chi connectivity index (χ4v) is 3.05. The number of aryl methyl sites for hydroxylation is 3. The molecule has 2 aromatic rings. The van der Waals surface area contributed by atoms with Gasteiger partial charge in [-0.25, -0.2) is 0 Å². The number of rotatable bonds is 8. The highest BCUT2D eigenvalue weighted by molar-refractivity contribution is 5.69. The van der Waals surface area contributed by atoms with E-state index >= 15 is 0 Å². The van der Waals surface area contributed by atoms with Crippen molar-refractivity contribution < 1.29 is 14.6 Å². The second kappa shape index (κ2) is 8.67. The zero-order valence-corrected chi connectivity index (χ0v) is 15.5. The third-order valence-electron chi connectivity index (χ3n) is 4.20. The molecule has 134 valence electrons. The SMILES string of the molecule is CCN(CC(=O)O)Cc1cc(C)c(OCc2cccc(C)c2)c(C)c1. The summed E-state index contributed by atoms with van der Waals surface area (Å²) in [5, 5.41) is 8.98. The van der Waals surface area contributed by atoms with Crippen LogP contribution in [0.25, 0.3) is 0 Å². The molecule has 0 atom stereocenters. The zero-order valence-electron chi connectivity index (χ0n) is 15.5. The molecular weight excluding hydrogens is 314 g/mol. The first kappa shape index (κ1) is 19.0. The maximum atomic E-state index is 10.9. The van der Waals surface area contributed by atoms with Crippen LogP contribution >= 0.6 is 0 Å². The minimum Gasteiger partial charge on any atom is -0.488 e. The van der Waals surface area contributed by atoms with Gasteiger partial charge >= 0.3 is 5.97 Å². The number of hydrogen-bond acceptors (Lipinski definition) is 3. The van der Waals surface area contributed by atoms with Crippen molar-refractivity contribution in [3.63, 3.8) is 0 Å². The largest absolute Gasteiger partial charge is 0.488 e. The number of nitrogens with zero attached hydrogens (tertiary/aromatic N) is 1. The number of ether oxygens (including phenoxy) is 1. The lowest BCUT2D eigenvalue weighted by atomic mass is 10.0. The Labute approximate surface area is 150 Å². The van der Waals surface area contributed by atoms with E-state index in [1.165, 1.54) is 5.56 Å². The van der Waals surface area contributed by atoms with Crippen LogP contribution < -0.4 is 4.74 Å². The van der Waals surface area contributed by atoms with Crippen molar-refractivity contribution in [1.82, 2.24) is 4.90 Å². The highest BCUT2D eigenvalue weighted by Gasteiger charge is 2.12. The van der Waals surface area contributed by atoms with E-state index in [0.29, 0.717) is 19.7 Å². The van der Waals surface area contributed by atoms with Gasteiger partial charge in [0, 0.05) is 6.54 Å². The van der Waals surface area contributed by atoms with Crippen molar-refractivity contribution in [3.8, 4) is 5.75 Å². The monoisotopic (exact) mass is 341 g/mol. The second-order valence-electron chi connectivity index (χ2n) is 6.53. The first-order valence-electron chi connectivity index (χ1n) is 8.61. The summed E-state index contributed by atoms with van der Waals surface area (Å²) in [5.41, 5.74) is 5.65. The summed E-state index contributed by atoms with van der Waals surface area (Å²) in [4.78, 5) is 12.8. The number of carboxylic acid groups (broad SMARTS) is 1. The van der Waals surface area contributed by atoms with E-state index in [4.69, 9.17) is 9.84 Å². The van der Waals surface area contributed by atoms with Crippen LogP contribution in [0.3, 0.4) is 0 Å². The third-order valence-corrected chi connectivity index (χ3v) is 4.20. The molecule has 0 unspecified atom stereocenters. The predicted molar refractivity (Wildman–Crippen MR) is 100 cm³/mol. The smallest absolute Gasteiger partial charge is 0.317 e. The third kappa shape index (κ3) is 5.61. The first-order chi connectivity index (χ1) is 11.9. The van der Waals surface area contributed by atoms with Crippen LogP contribution in [-0.4, -0.2) is 29.1 Å². The Balaban J connectivity index is 2.09. The van der Waals surface area contributed by atoms with Crippen LogP contribution in [0.4, 0.5) is 0 Å². The van der Waals surface area contributed by atoms with Gasteiger partial charge in [0.25, 0.3) is 0 Å². The van der Waals surface area contributed by atoms with Crippen LogP contribution in [0, 0.1) is 20.8 Å². The molecule has 0 spiro atoms. The highest BCUT2D eigenvalue weighted by Crippen LogP contribution is 2.26. The van der Waals surface area contributed by atoms with E-state index < -0.39 is 5.97 Å². The molecule has 0 heterocycles. The fraction of sp³-hybridized carbons (Fsp3) is 0.381. The Kier molecular flexibility index (Phi) is 6.59. The average molecular weight is 341 g/mol. The van der Waals surface area contributed by atoms with Gasteiger partial charge in [-0.1, -0.05) is 48.9 Å². The molecule has 4 nitrogen and oxygen atoms in total. The topological polar surface area (TPSA) is 49.8 Å². The van der Waals surface area contributed by atoms with Crippen LogP contribution in [0.1, 0.15) is 34.7 Å². The molecule has 1 N–H and O–H groups in total. The van der Waals surface area contributed by atoms with Crippen molar-refractivity contribution in [1.29, 1.82) is 0 Å². The second-order valence-corrected chi connectivity index (χ2v) is 6.53. The molecule has 2 rings (SSSR count). The summed E-state index contributed by atoms with van der Waals surface area (Å²) in [6, 6.07) is 12.5. The van der Waals surface area contributed by atoms with Crippen molar-refractivity contribution in [2.75, 3.05) is 13.1 Å². The Hall–Kier alpha value is -2.33. The quantitative estimate of drug-likeness (QED) is 0.785. The minimum absolute atomic E-state index is 0.0558. The van der Waals surface area contributed by atoms with E-state index in [9.17, 15) is 4.79 Å². The van der Waals surface area contributed by atoms with Gasteiger partial charge in [-0.15, -0.1) is 0 Å². The fourth-order valence-electron chi connectivity index (χ4n) is 3.05. The van der Waals surface area contributed by atoms with Gasteiger partial charge in [-0.3, -0.25) is 9.69 Å². The van der Waals surface area contributed by atoms with E-state index in [-0.39, 0.29) is 6.54 Å². The van der Waals surface area contributed by atoms with Crippen molar-refractivity contribution >= 4 is 5.97 Å². The molecule has 25 heavy (non-hydrogen) atoms. The number of benzene rings is 2. The summed E-state index contributed by atoms with van der Waals surface area (Å²) in [5.74, 6) is 0.111. The van der Waals surface area contributed by atoms with Gasteiger partial charge in [-0.05, 0) is 49.6 Å². The highest BCUT2D eigenvalue weighted by atomic mass is 16.5. The van der Waals surface area contributed by atoms with Gasteiger partial charge in [-0.2, -0.15) is 0 Å². The van der Waals surface area contributed by atoms with Crippen molar-refractivity contribution in [2.45, 2.75) is 40.8 Å². The Morgan fingerprint density at radius 1 is 1.08 bits per heavy atom. The van der Waals surface area contributed by atoms with Gasteiger partial charge in [0.2, 0.25) is 0 Å². The standard InChI is InChI=1S/C21H27NO3/c1-5-22(13-20(23)24)12-19-10-16(3)21(17(4)11-19)25-14-18-8-6-7-15(2)9-18/h6-11H,5,12-14H2,1-4H3,(H,23,24). The van der Waals surface area contributed by atoms with Crippen LogP contribution in [-0.2, 0) is 17.9 Å². The lowest BCUT2D eigenvalue weighted by Crippen LogP contribution is -2.29. The summed E-state index contributed by atoms with van der Waals surface area (Å²) >= 11 is 0. The number of carbonyl (C=O) groups is 1. The molecule has 4 heteroatoms. The normalized spacial score (nSPS) is 10.9. The summed E-state index contributed by atoms with van der Waals surface area (Å²) in [7, 11) is 0. The molecule has 0 aromatic heterocycles. The number of likely N-dealkylation sites (N-methyl/N-ethyl adjacent to an activating group) is 1. The summed E-state index contributed by atoms with van der Waals surface area (Å²) < 4.78 is 6.05. The van der Waals surface area contributed by atoms with Crippen LogP contribution in [0.15, 0.2) is 36.4 Å². The minimum atomic E-state index is -0.798. The van der Waals surface area contributed by atoms with Crippen LogP contribution in [0.2, 0.25) is 0 Å². The lowest BCUT2D eigenvalue weighted by molar-refractivity contribution is -0.138. The Morgan fingerprint density at radius 3 is 2.32 bits per heavy atom. The van der Waals surface area contributed by atoms with E-state index in [2.05, 4.69) is 37.3 Å². The molecular formula is C21H27NO3. The summed E-state index contributed by atoms with van der Waals surface area (Å²) in [6.07, 6.45) is 0. The van der Waals surface area contributed by atoms with Crippen molar-refractivity contribution in [2.24, 2.45) is 0 Å². The Bertz CT molecular complexity index is 717. The van der Waals surface area contributed by atoms with Gasteiger partial charge in [0.15, 0.2) is 0 Å². The molecule has 0 aliphatic rings. The van der Waals surface area contributed by atoms with E-state index in [0.717, 1.165) is 28.0 Å². The van der Waals surface area contributed by atoms with Crippen molar-refractivity contribution in [3.05, 3.63) is 64.2 Å². The molecule has 0 fully saturated rings. The zero-order chi connectivity index (χ0) is 18.4. The molecule has 0 radical (unpaired) electrons. The number of carboxylic acids is 1. The van der Waals surface area contributed by atoms with E-state index in [1.54, 1.807) is 0 Å². The summed E-state index contributed by atoms with van der Waals surface area (Å²) in [6.45, 7) is 10.1. The molecule has 0 aliphatic carbocycles. The van der Waals surface area contributed by atoms with Gasteiger partial charge in [0.05, 0.1) is 6.54 Å². The van der Waals surface area contributed by atoms with E-state index in [1.807, 2.05) is 31.7 Å².